The summed E-state index contributed by atoms with van der Waals surface area (Å²) in [6.07, 6.45) is 6.15. The largest absolute Gasteiger partial charge is 0.375 e. The molecule has 2 rings (SSSR count). The molecule has 0 atom stereocenters. The zero-order chi connectivity index (χ0) is 14.9. The molecular weight excluding hydrogens is 260 g/mol. The monoisotopic (exact) mass is 286 g/mol. The number of nitrogens with zero attached hydrogens (tertiary/aromatic N) is 3. The lowest BCUT2D eigenvalue weighted by Gasteiger charge is -2.19. The first-order valence-electron chi connectivity index (χ1n) is 7.77. The maximum Gasteiger partial charge on any atom is 0.0948 e. The molecule has 1 aromatic carbocycles. The number of rotatable bonds is 9. The van der Waals surface area contributed by atoms with Crippen LogP contribution in [0.3, 0.4) is 0 Å². The van der Waals surface area contributed by atoms with Crippen LogP contribution in [-0.4, -0.2) is 29.7 Å². The molecule has 0 aliphatic carbocycles. The van der Waals surface area contributed by atoms with Crippen molar-refractivity contribution in [3.63, 3.8) is 0 Å². The predicted molar refractivity (Wildman–Crippen MR) is 88.6 cm³/mol. The van der Waals surface area contributed by atoms with Gasteiger partial charge >= 0.3 is 0 Å². The van der Waals surface area contributed by atoms with Crippen LogP contribution >= 0.6 is 0 Å². The highest BCUT2D eigenvalue weighted by atomic mass is 15.1. The minimum absolute atomic E-state index is 0.898. The zero-order valence-electron chi connectivity index (χ0n) is 13.1. The summed E-state index contributed by atoms with van der Waals surface area (Å²) in [6, 6.07) is 10.5. The van der Waals surface area contributed by atoms with Gasteiger partial charge < -0.3 is 14.8 Å². The smallest absolute Gasteiger partial charge is 0.0948 e. The second-order valence-electron chi connectivity index (χ2n) is 5.37. The van der Waals surface area contributed by atoms with E-state index in [1.165, 1.54) is 11.4 Å². The van der Waals surface area contributed by atoms with Crippen LogP contribution in [0.15, 0.2) is 42.9 Å². The Morgan fingerprint density at radius 2 is 2.05 bits per heavy atom. The van der Waals surface area contributed by atoms with E-state index in [1.54, 1.807) is 0 Å². The van der Waals surface area contributed by atoms with Crippen molar-refractivity contribution >= 4 is 5.69 Å². The molecule has 0 bridgehead atoms. The fraction of sp³-hybridized carbons (Fsp3) is 0.471. The molecule has 0 spiro atoms. The van der Waals surface area contributed by atoms with Gasteiger partial charge in [0, 0.05) is 38.6 Å². The topological polar surface area (TPSA) is 33.1 Å². The third kappa shape index (κ3) is 4.90. The molecule has 0 aliphatic rings. The Bertz CT molecular complexity index is 507. The third-order valence-electron chi connectivity index (χ3n) is 3.61. The number of hydrogen-bond acceptors (Lipinski definition) is 3. The highest BCUT2D eigenvalue weighted by molar-refractivity contribution is 5.44. The molecule has 0 saturated carbocycles. The van der Waals surface area contributed by atoms with Crippen molar-refractivity contribution in [3.8, 4) is 0 Å². The zero-order valence-corrected chi connectivity index (χ0v) is 13.1. The SMILES string of the molecule is CCCn1cncc1CNCCCN(C)c1ccccc1. The summed E-state index contributed by atoms with van der Waals surface area (Å²) in [5.74, 6) is 0. The van der Waals surface area contributed by atoms with E-state index in [9.17, 15) is 0 Å². The van der Waals surface area contributed by atoms with E-state index in [4.69, 9.17) is 0 Å². The molecule has 0 saturated heterocycles. The van der Waals surface area contributed by atoms with Crippen LogP contribution < -0.4 is 10.2 Å². The molecule has 4 nitrogen and oxygen atoms in total. The van der Waals surface area contributed by atoms with Gasteiger partial charge in [-0.15, -0.1) is 0 Å². The number of nitrogens with one attached hydrogen (secondary N) is 1. The first-order valence-corrected chi connectivity index (χ1v) is 7.77. The van der Waals surface area contributed by atoms with Crippen molar-refractivity contribution in [1.82, 2.24) is 14.9 Å². The Hall–Kier alpha value is -1.81. The van der Waals surface area contributed by atoms with Gasteiger partial charge in [0.05, 0.1) is 12.0 Å². The Morgan fingerprint density at radius 1 is 1.24 bits per heavy atom. The third-order valence-corrected chi connectivity index (χ3v) is 3.61. The summed E-state index contributed by atoms with van der Waals surface area (Å²) in [5.41, 5.74) is 2.55. The van der Waals surface area contributed by atoms with E-state index in [0.717, 1.165) is 39.0 Å². The molecule has 1 N–H and O–H groups in total. The second-order valence-corrected chi connectivity index (χ2v) is 5.37. The van der Waals surface area contributed by atoms with Gasteiger partial charge in [-0.25, -0.2) is 4.98 Å². The number of anilines is 1. The molecule has 21 heavy (non-hydrogen) atoms. The van der Waals surface area contributed by atoms with Crippen LogP contribution in [0.4, 0.5) is 5.69 Å². The van der Waals surface area contributed by atoms with E-state index in [-0.39, 0.29) is 0 Å². The number of imidazole rings is 1. The van der Waals surface area contributed by atoms with E-state index in [0.29, 0.717) is 0 Å². The first kappa shape index (κ1) is 15.6. The van der Waals surface area contributed by atoms with Gasteiger partial charge in [-0.3, -0.25) is 0 Å². The summed E-state index contributed by atoms with van der Waals surface area (Å²) in [7, 11) is 2.14. The molecule has 0 amide bonds. The van der Waals surface area contributed by atoms with Crippen molar-refractivity contribution < 1.29 is 0 Å². The fourth-order valence-electron chi connectivity index (χ4n) is 2.41. The average molecular weight is 286 g/mol. The van der Waals surface area contributed by atoms with Crippen LogP contribution in [0, 0.1) is 0 Å². The molecule has 0 radical (unpaired) electrons. The van der Waals surface area contributed by atoms with Crippen molar-refractivity contribution in [2.75, 3.05) is 25.0 Å². The lowest BCUT2D eigenvalue weighted by Crippen LogP contribution is -2.24. The highest BCUT2D eigenvalue weighted by Crippen LogP contribution is 2.10. The van der Waals surface area contributed by atoms with E-state index in [1.807, 2.05) is 12.5 Å². The van der Waals surface area contributed by atoms with Gasteiger partial charge in [-0.05, 0) is 31.5 Å². The maximum atomic E-state index is 4.22. The molecule has 0 fully saturated rings. The lowest BCUT2D eigenvalue weighted by atomic mass is 10.3. The van der Waals surface area contributed by atoms with Gasteiger partial charge in [0.2, 0.25) is 0 Å². The summed E-state index contributed by atoms with van der Waals surface area (Å²) < 4.78 is 2.23. The normalized spacial score (nSPS) is 10.8. The molecule has 114 valence electrons. The molecule has 1 heterocycles. The van der Waals surface area contributed by atoms with Crippen molar-refractivity contribution in [1.29, 1.82) is 0 Å². The summed E-state index contributed by atoms with van der Waals surface area (Å²) >= 11 is 0. The van der Waals surface area contributed by atoms with Gasteiger partial charge in [-0.1, -0.05) is 25.1 Å². The van der Waals surface area contributed by atoms with E-state index >= 15 is 0 Å². The van der Waals surface area contributed by atoms with Crippen molar-refractivity contribution in [2.24, 2.45) is 0 Å². The van der Waals surface area contributed by atoms with E-state index in [2.05, 4.69) is 64.1 Å². The molecule has 4 heteroatoms. The maximum absolute atomic E-state index is 4.22. The minimum atomic E-state index is 0.898. The number of aryl methyl sites for hydroxylation is 1. The van der Waals surface area contributed by atoms with Crippen LogP contribution in [0.25, 0.3) is 0 Å². The predicted octanol–water partition coefficient (Wildman–Crippen LogP) is 2.91. The van der Waals surface area contributed by atoms with E-state index < -0.39 is 0 Å². The number of para-hydroxylation sites is 1. The molecule has 0 unspecified atom stereocenters. The van der Waals surface area contributed by atoms with Crippen LogP contribution in [-0.2, 0) is 13.1 Å². The lowest BCUT2D eigenvalue weighted by molar-refractivity contribution is 0.589. The number of benzene rings is 1. The highest BCUT2D eigenvalue weighted by Gasteiger charge is 2.01. The number of aromatic nitrogens is 2. The molecule has 1 aromatic heterocycles. The quantitative estimate of drug-likeness (QED) is 0.720. The molecule has 0 aliphatic heterocycles. The number of hydrogen-bond donors (Lipinski definition) is 1. The standard InChI is InChI=1S/C17H26N4/c1-3-11-21-15-19-14-17(21)13-18-10-7-12-20(2)16-8-5-4-6-9-16/h4-6,8-9,14-15,18H,3,7,10-13H2,1-2H3. The Balaban J connectivity index is 1.65. The van der Waals surface area contributed by atoms with Crippen molar-refractivity contribution in [3.05, 3.63) is 48.5 Å². The second kappa shape index (κ2) is 8.47. The van der Waals surface area contributed by atoms with Gasteiger partial charge in [0.25, 0.3) is 0 Å². The first-order chi connectivity index (χ1) is 10.3. The Kier molecular flexibility index (Phi) is 6.28. The minimum Gasteiger partial charge on any atom is -0.375 e. The van der Waals surface area contributed by atoms with Gasteiger partial charge in [-0.2, -0.15) is 0 Å². The van der Waals surface area contributed by atoms with Gasteiger partial charge in [0.1, 0.15) is 0 Å². The van der Waals surface area contributed by atoms with Gasteiger partial charge in [0.15, 0.2) is 0 Å². The van der Waals surface area contributed by atoms with Crippen molar-refractivity contribution in [2.45, 2.75) is 32.9 Å². The van der Waals surface area contributed by atoms with Crippen LogP contribution in [0.5, 0.6) is 0 Å². The summed E-state index contributed by atoms with van der Waals surface area (Å²) in [4.78, 5) is 6.52. The summed E-state index contributed by atoms with van der Waals surface area (Å²) in [5, 5.41) is 3.51. The Morgan fingerprint density at radius 3 is 2.81 bits per heavy atom. The van der Waals surface area contributed by atoms with Crippen LogP contribution in [0.2, 0.25) is 0 Å². The molecular formula is C17H26N4. The average Bonchev–Trinajstić information content (AvgIpc) is 2.95. The molecule has 2 aromatic rings. The van der Waals surface area contributed by atoms with Crippen LogP contribution in [0.1, 0.15) is 25.5 Å². The Labute approximate surface area is 127 Å². The fourth-order valence-corrected chi connectivity index (χ4v) is 2.41. The summed E-state index contributed by atoms with van der Waals surface area (Å²) in [6.45, 7) is 6.22.